The molecule has 0 amide bonds. The van der Waals surface area contributed by atoms with E-state index in [1.165, 1.54) is 24.6 Å². The van der Waals surface area contributed by atoms with E-state index in [-0.39, 0.29) is 11.4 Å². The van der Waals surface area contributed by atoms with Crippen LogP contribution in [0.4, 0.5) is 4.39 Å². The van der Waals surface area contributed by atoms with Gasteiger partial charge in [0, 0.05) is 13.1 Å². The Labute approximate surface area is 119 Å². The molecule has 3 N–H and O–H groups in total. The van der Waals surface area contributed by atoms with E-state index < -0.39 is 15.8 Å². The molecule has 0 radical (unpaired) electrons. The van der Waals surface area contributed by atoms with Gasteiger partial charge in [-0.05, 0) is 36.5 Å². The maximum absolute atomic E-state index is 13.8. The second-order valence-corrected chi connectivity index (χ2v) is 7.06. The van der Waals surface area contributed by atoms with Gasteiger partial charge in [0.2, 0.25) is 10.0 Å². The van der Waals surface area contributed by atoms with Gasteiger partial charge >= 0.3 is 0 Å². The lowest BCUT2D eigenvalue weighted by molar-refractivity contribution is 0.357. The highest BCUT2D eigenvalue weighted by Crippen LogP contribution is 2.23. The minimum absolute atomic E-state index is 0.187. The SMILES string of the molecule is NCc1ccc(S(=O)(=O)NCC2CCCCC2)c(F)c1. The van der Waals surface area contributed by atoms with Crippen LogP contribution in [0.5, 0.6) is 0 Å². The fourth-order valence-corrected chi connectivity index (χ4v) is 3.76. The van der Waals surface area contributed by atoms with Crippen LogP contribution in [-0.4, -0.2) is 15.0 Å². The molecule has 20 heavy (non-hydrogen) atoms. The molecule has 1 aliphatic rings. The Kier molecular flexibility index (Phi) is 5.12. The van der Waals surface area contributed by atoms with Crippen molar-refractivity contribution in [3.63, 3.8) is 0 Å². The van der Waals surface area contributed by atoms with Gasteiger partial charge in [-0.25, -0.2) is 17.5 Å². The molecule has 0 aliphatic heterocycles. The van der Waals surface area contributed by atoms with Crippen molar-refractivity contribution < 1.29 is 12.8 Å². The lowest BCUT2D eigenvalue weighted by atomic mass is 9.90. The number of halogens is 1. The minimum atomic E-state index is -3.78. The second kappa shape index (κ2) is 6.65. The summed E-state index contributed by atoms with van der Waals surface area (Å²) in [6.45, 7) is 0.577. The van der Waals surface area contributed by atoms with Gasteiger partial charge in [0.25, 0.3) is 0 Å². The van der Waals surface area contributed by atoms with Gasteiger partial charge in [-0.3, -0.25) is 0 Å². The molecule has 0 aromatic heterocycles. The predicted molar refractivity (Wildman–Crippen MR) is 76.1 cm³/mol. The Hall–Kier alpha value is -0.980. The van der Waals surface area contributed by atoms with Gasteiger partial charge < -0.3 is 5.73 Å². The Morgan fingerprint density at radius 3 is 2.55 bits per heavy atom. The van der Waals surface area contributed by atoms with Crippen LogP contribution >= 0.6 is 0 Å². The molecule has 112 valence electrons. The molecular formula is C14H21FN2O2S. The van der Waals surface area contributed by atoms with E-state index in [4.69, 9.17) is 5.73 Å². The third-order valence-corrected chi connectivity index (χ3v) is 5.27. The smallest absolute Gasteiger partial charge is 0.243 e. The van der Waals surface area contributed by atoms with E-state index in [0.717, 1.165) is 25.7 Å². The van der Waals surface area contributed by atoms with Crippen molar-refractivity contribution >= 4 is 10.0 Å². The molecule has 1 aromatic rings. The van der Waals surface area contributed by atoms with E-state index >= 15 is 0 Å². The number of nitrogens with one attached hydrogen (secondary N) is 1. The molecule has 0 bridgehead atoms. The fourth-order valence-electron chi connectivity index (χ4n) is 2.59. The first-order chi connectivity index (χ1) is 9.53. The van der Waals surface area contributed by atoms with Gasteiger partial charge in [-0.15, -0.1) is 0 Å². The van der Waals surface area contributed by atoms with E-state index in [1.54, 1.807) is 0 Å². The van der Waals surface area contributed by atoms with Crippen LogP contribution in [0.3, 0.4) is 0 Å². The Morgan fingerprint density at radius 2 is 1.95 bits per heavy atom. The highest BCUT2D eigenvalue weighted by molar-refractivity contribution is 7.89. The third-order valence-electron chi connectivity index (χ3n) is 3.81. The van der Waals surface area contributed by atoms with Gasteiger partial charge in [-0.1, -0.05) is 25.3 Å². The van der Waals surface area contributed by atoms with Gasteiger partial charge in [0.1, 0.15) is 10.7 Å². The lowest BCUT2D eigenvalue weighted by Gasteiger charge is -2.21. The summed E-state index contributed by atoms with van der Waals surface area (Å²) in [5, 5.41) is 0. The molecule has 1 aliphatic carbocycles. The van der Waals surface area contributed by atoms with Crippen molar-refractivity contribution in [2.24, 2.45) is 11.7 Å². The van der Waals surface area contributed by atoms with Gasteiger partial charge in [-0.2, -0.15) is 0 Å². The Bertz CT molecular complexity index is 554. The van der Waals surface area contributed by atoms with E-state index in [9.17, 15) is 12.8 Å². The monoisotopic (exact) mass is 300 g/mol. The zero-order valence-electron chi connectivity index (χ0n) is 11.4. The summed E-state index contributed by atoms with van der Waals surface area (Å²) in [7, 11) is -3.78. The lowest BCUT2D eigenvalue weighted by Crippen LogP contribution is -2.31. The number of hydrogen-bond donors (Lipinski definition) is 2. The number of rotatable bonds is 5. The first kappa shape index (κ1) is 15.4. The fraction of sp³-hybridized carbons (Fsp3) is 0.571. The molecule has 2 rings (SSSR count). The molecule has 0 unspecified atom stereocenters. The van der Waals surface area contributed by atoms with Crippen LogP contribution < -0.4 is 10.5 Å². The summed E-state index contributed by atoms with van der Waals surface area (Å²) >= 11 is 0. The standard InChI is InChI=1S/C14H21FN2O2S/c15-13-8-12(9-16)6-7-14(13)20(18,19)17-10-11-4-2-1-3-5-11/h6-8,11,17H,1-5,9-10,16H2. The molecule has 6 heteroatoms. The first-order valence-corrected chi connectivity index (χ1v) is 8.49. The van der Waals surface area contributed by atoms with Crippen molar-refractivity contribution in [2.45, 2.75) is 43.5 Å². The van der Waals surface area contributed by atoms with Gasteiger partial charge in [0.15, 0.2) is 0 Å². The van der Waals surface area contributed by atoms with Crippen LogP contribution in [0.15, 0.2) is 23.1 Å². The summed E-state index contributed by atoms with van der Waals surface area (Å²) in [6.07, 6.45) is 5.59. The normalized spacial score (nSPS) is 17.3. The van der Waals surface area contributed by atoms with E-state index in [0.29, 0.717) is 18.0 Å². The largest absolute Gasteiger partial charge is 0.326 e. The maximum atomic E-state index is 13.8. The summed E-state index contributed by atoms with van der Waals surface area (Å²) in [6, 6.07) is 3.99. The highest BCUT2D eigenvalue weighted by atomic mass is 32.2. The molecule has 1 aromatic carbocycles. The zero-order chi connectivity index (χ0) is 14.6. The summed E-state index contributed by atoms with van der Waals surface area (Å²) in [5.41, 5.74) is 5.98. The molecule has 1 fully saturated rings. The summed E-state index contributed by atoms with van der Waals surface area (Å²) in [4.78, 5) is -0.300. The van der Waals surface area contributed by atoms with Crippen LogP contribution in [-0.2, 0) is 16.6 Å². The maximum Gasteiger partial charge on any atom is 0.243 e. The molecule has 0 heterocycles. The Morgan fingerprint density at radius 1 is 1.25 bits per heavy atom. The molecule has 0 saturated heterocycles. The van der Waals surface area contributed by atoms with Gasteiger partial charge in [0.05, 0.1) is 0 Å². The van der Waals surface area contributed by atoms with Crippen molar-refractivity contribution in [1.29, 1.82) is 0 Å². The minimum Gasteiger partial charge on any atom is -0.326 e. The first-order valence-electron chi connectivity index (χ1n) is 7.01. The number of nitrogens with two attached hydrogens (primary N) is 1. The molecule has 1 saturated carbocycles. The van der Waals surface area contributed by atoms with Crippen LogP contribution in [0, 0.1) is 11.7 Å². The zero-order valence-corrected chi connectivity index (χ0v) is 12.3. The second-order valence-electron chi connectivity index (χ2n) is 5.32. The quantitative estimate of drug-likeness (QED) is 0.875. The molecular weight excluding hydrogens is 279 g/mol. The number of benzene rings is 1. The average Bonchev–Trinajstić information content (AvgIpc) is 2.46. The third kappa shape index (κ3) is 3.77. The molecule has 4 nitrogen and oxygen atoms in total. The van der Waals surface area contributed by atoms with Crippen molar-refractivity contribution in [2.75, 3.05) is 6.54 Å². The molecule has 0 atom stereocenters. The van der Waals surface area contributed by atoms with Crippen LogP contribution in [0.2, 0.25) is 0 Å². The van der Waals surface area contributed by atoms with E-state index in [1.807, 2.05) is 0 Å². The predicted octanol–water partition coefficient (Wildman–Crippen LogP) is 2.14. The highest BCUT2D eigenvalue weighted by Gasteiger charge is 2.21. The van der Waals surface area contributed by atoms with Crippen molar-refractivity contribution in [1.82, 2.24) is 4.72 Å². The summed E-state index contributed by atoms with van der Waals surface area (Å²) in [5.74, 6) is -0.381. The van der Waals surface area contributed by atoms with Crippen LogP contribution in [0.1, 0.15) is 37.7 Å². The summed E-state index contributed by atoms with van der Waals surface area (Å²) < 4.78 is 40.6. The number of sulfonamides is 1. The van der Waals surface area contributed by atoms with E-state index in [2.05, 4.69) is 4.72 Å². The number of hydrogen-bond acceptors (Lipinski definition) is 3. The Balaban J connectivity index is 2.05. The average molecular weight is 300 g/mol. The van der Waals surface area contributed by atoms with Crippen LogP contribution in [0.25, 0.3) is 0 Å². The van der Waals surface area contributed by atoms with Crippen molar-refractivity contribution in [3.8, 4) is 0 Å². The topological polar surface area (TPSA) is 72.2 Å². The molecule has 0 spiro atoms. The van der Waals surface area contributed by atoms with Crippen molar-refractivity contribution in [3.05, 3.63) is 29.6 Å².